The van der Waals surface area contributed by atoms with Gasteiger partial charge >= 0.3 is 5.97 Å². The number of carbonyl (C=O) groups excluding carboxylic acids is 1. The van der Waals surface area contributed by atoms with Gasteiger partial charge in [0.25, 0.3) is 5.91 Å². The van der Waals surface area contributed by atoms with Crippen LogP contribution in [-0.4, -0.2) is 23.0 Å². The first-order valence-electron chi connectivity index (χ1n) is 7.29. The van der Waals surface area contributed by atoms with Gasteiger partial charge in [0.05, 0.1) is 0 Å². The number of nitrogens with one attached hydrogen (secondary N) is 1. The zero-order chi connectivity index (χ0) is 15.4. The summed E-state index contributed by atoms with van der Waals surface area (Å²) in [5, 5.41) is 11.9. The molecule has 1 atom stereocenters. The number of carboxylic acid groups (broad SMARTS) is 1. The highest BCUT2D eigenvalue weighted by atomic mass is 19.1. The lowest BCUT2D eigenvalue weighted by molar-refractivity contribution is -0.141. The fourth-order valence-electron chi connectivity index (χ4n) is 2.81. The topological polar surface area (TPSA) is 66.4 Å². The van der Waals surface area contributed by atoms with Gasteiger partial charge in [0.15, 0.2) is 0 Å². The molecule has 0 bridgehead atoms. The Morgan fingerprint density at radius 1 is 1.29 bits per heavy atom. The van der Waals surface area contributed by atoms with Crippen LogP contribution in [0.4, 0.5) is 4.39 Å². The van der Waals surface area contributed by atoms with Gasteiger partial charge in [-0.3, -0.25) is 4.79 Å². The Morgan fingerprint density at radius 2 is 1.95 bits per heavy atom. The molecular formula is C16H20FNO3. The molecule has 0 aliphatic heterocycles. The lowest BCUT2D eigenvalue weighted by Gasteiger charge is -2.28. The molecule has 0 spiro atoms. The second-order valence-corrected chi connectivity index (χ2v) is 5.65. The molecule has 0 saturated heterocycles. The summed E-state index contributed by atoms with van der Waals surface area (Å²) < 4.78 is 13.5. The fourth-order valence-corrected chi connectivity index (χ4v) is 2.81. The summed E-state index contributed by atoms with van der Waals surface area (Å²) in [6.45, 7) is 1.61. The Hall–Kier alpha value is -1.91. The predicted octanol–water partition coefficient (Wildman–Crippen LogP) is 2.90. The van der Waals surface area contributed by atoms with Crippen molar-refractivity contribution >= 4 is 11.9 Å². The molecule has 0 aromatic heterocycles. The fraction of sp³-hybridized carbons (Fsp3) is 0.500. The first kappa shape index (κ1) is 15.5. The third kappa shape index (κ3) is 3.80. The van der Waals surface area contributed by atoms with Crippen LogP contribution in [0.15, 0.2) is 18.2 Å². The number of hydrogen-bond acceptors (Lipinski definition) is 2. The van der Waals surface area contributed by atoms with E-state index in [1.165, 1.54) is 12.1 Å². The quantitative estimate of drug-likeness (QED) is 0.897. The molecule has 5 heteroatoms. The number of carboxylic acids is 1. The number of rotatable bonds is 4. The van der Waals surface area contributed by atoms with Crippen molar-refractivity contribution in [2.45, 2.75) is 45.1 Å². The Labute approximate surface area is 123 Å². The molecule has 1 aromatic carbocycles. The van der Waals surface area contributed by atoms with Crippen molar-refractivity contribution < 1.29 is 19.1 Å². The van der Waals surface area contributed by atoms with E-state index >= 15 is 0 Å². The van der Waals surface area contributed by atoms with Crippen LogP contribution in [0, 0.1) is 18.7 Å². The average Bonchev–Trinajstić information content (AvgIpc) is 2.48. The van der Waals surface area contributed by atoms with Gasteiger partial charge < -0.3 is 10.4 Å². The average molecular weight is 293 g/mol. The molecule has 114 valence electrons. The molecule has 1 aliphatic carbocycles. The molecule has 0 heterocycles. The van der Waals surface area contributed by atoms with Crippen LogP contribution < -0.4 is 5.32 Å². The third-order valence-corrected chi connectivity index (χ3v) is 4.11. The van der Waals surface area contributed by atoms with Crippen molar-refractivity contribution in [3.8, 4) is 0 Å². The first-order valence-corrected chi connectivity index (χ1v) is 7.29. The Kier molecular flexibility index (Phi) is 4.94. The van der Waals surface area contributed by atoms with Gasteiger partial charge in [0, 0.05) is 5.56 Å². The van der Waals surface area contributed by atoms with Gasteiger partial charge in [-0.25, -0.2) is 9.18 Å². The SMILES string of the molecule is Cc1ccc(C(=O)NC(C(=O)O)C2CCCCC2)cc1F. The molecular weight excluding hydrogens is 273 g/mol. The van der Waals surface area contributed by atoms with E-state index in [4.69, 9.17) is 0 Å². The Morgan fingerprint density at radius 3 is 2.52 bits per heavy atom. The highest BCUT2D eigenvalue weighted by molar-refractivity contribution is 5.96. The van der Waals surface area contributed by atoms with E-state index < -0.39 is 23.7 Å². The highest BCUT2D eigenvalue weighted by Crippen LogP contribution is 2.27. The third-order valence-electron chi connectivity index (χ3n) is 4.11. The molecule has 1 aromatic rings. The zero-order valence-corrected chi connectivity index (χ0v) is 12.1. The first-order chi connectivity index (χ1) is 9.99. The minimum Gasteiger partial charge on any atom is -0.480 e. The van der Waals surface area contributed by atoms with E-state index in [1.54, 1.807) is 6.92 Å². The standard InChI is InChI=1S/C16H20FNO3/c1-10-7-8-12(9-13(10)17)15(19)18-14(16(20)21)11-5-3-2-4-6-11/h7-9,11,14H,2-6H2,1H3,(H,18,19)(H,20,21). The van der Waals surface area contributed by atoms with Gasteiger partial charge in [-0.1, -0.05) is 25.3 Å². The maximum Gasteiger partial charge on any atom is 0.326 e. The van der Waals surface area contributed by atoms with Crippen molar-refractivity contribution in [2.75, 3.05) is 0 Å². The largest absolute Gasteiger partial charge is 0.480 e. The van der Waals surface area contributed by atoms with E-state index in [2.05, 4.69) is 5.32 Å². The lowest BCUT2D eigenvalue weighted by atomic mass is 9.84. The van der Waals surface area contributed by atoms with E-state index in [1.807, 2.05) is 0 Å². The second-order valence-electron chi connectivity index (χ2n) is 5.65. The van der Waals surface area contributed by atoms with E-state index in [-0.39, 0.29) is 11.5 Å². The van der Waals surface area contributed by atoms with Crippen LogP contribution in [0.2, 0.25) is 0 Å². The maximum atomic E-state index is 13.5. The molecule has 2 N–H and O–H groups in total. The molecule has 1 unspecified atom stereocenters. The van der Waals surface area contributed by atoms with Crippen LogP contribution in [0.25, 0.3) is 0 Å². The molecule has 1 aliphatic rings. The van der Waals surface area contributed by atoms with Crippen LogP contribution in [0.5, 0.6) is 0 Å². The Bertz CT molecular complexity index is 538. The van der Waals surface area contributed by atoms with Gasteiger partial charge in [0.2, 0.25) is 0 Å². The van der Waals surface area contributed by atoms with Crippen molar-refractivity contribution in [1.82, 2.24) is 5.32 Å². The smallest absolute Gasteiger partial charge is 0.326 e. The van der Waals surface area contributed by atoms with E-state index in [0.717, 1.165) is 38.2 Å². The van der Waals surface area contributed by atoms with Crippen molar-refractivity contribution in [3.63, 3.8) is 0 Å². The summed E-state index contributed by atoms with van der Waals surface area (Å²) in [6.07, 6.45) is 4.70. The number of aliphatic carboxylic acids is 1. The highest BCUT2D eigenvalue weighted by Gasteiger charge is 2.31. The molecule has 4 nitrogen and oxygen atoms in total. The van der Waals surface area contributed by atoms with Gasteiger partial charge in [-0.2, -0.15) is 0 Å². The number of amides is 1. The minimum atomic E-state index is -1.03. The Balaban J connectivity index is 2.10. The summed E-state index contributed by atoms with van der Waals surface area (Å²) in [5.74, 6) is -2.07. The molecule has 0 radical (unpaired) electrons. The lowest BCUT2D eigenvalue weighted by Crippen LogP contribution is -2.46. The summed E-state index contributed by atoms with van der Waals surface area (Å²) >= 11 is 0. The minimum absolute atomic E-state index is 0.0458. The molecule has 21 heavy (non-hydrogen) atoms. The maximum absolute atomic E-state index is 13.5. The normalized spacial score (nSPS) is 17.2. The molecule has 1 amide bonds. The second kappa shape index (κ2) is 6.70. The predicted molar refractivity (Wildman–Crippen MR) is 76.6 cm³/mol. The van der Waals surface area contributed by atoms with Crippen molar-refractivity contribution in [1.29, 1.82) is 0 Å². The molecule has 1 fully saturated rings. The number of hydrogen-bond donors (Lipinski definition) is 2. The summed E-state index contributed by atoms with van der Waals surface area (Å²) in [5.41, 5.74) is 0.605. The zero-order valence-electron chi connectivity index (χ0n) is 12.1. The van der Waals surface area contributed by atoms with Crippen molar-refractivity contribution in [3.05, 3.63) is 35.1 Å². The number of carbonyl (C=O) groups is 2. The van der Waals surface area contributed by atoms with Crippen LogP contribution in [0.1, 0.15) is 48.0 Å². The van der Waals surface area contributed by atoms with Gasteiger partial charge in [-0.15, -0.1) is 0 Å². The van der Waals surface area contributed by atoms with E-state index in [9.17, 15) is 19.1 Å². The summed E-state index contributed by atoms with van der Waals surface area (Å²) in [7, 11) is 0. The molecule has 1 saturated carbocycles. The van der Waals surface area contributed by atoms with Crippen LogP contribution in [0.3, 0.4) is 0 Å². The van der Waals surface area contributed by atoms with Crippen molar-refractivity contribution in [2.24, 2.45) is 5.92 Å². The van der Waals surface area contributed by atoms with E-state index in [0.29, 0.717) is 5.56 Å². The van der Waals surface area contributed by atoms with Gasteiger partial charge in [-0.05, 0) is 43.4 Å². The van der Waals surface area contributed by atoms with Crippen LogP contribution in [-0.2, 0) is 4.79 Å². The molecule has 2 rings (SSSR count). The number of aryl methyl sites for hydroxylation is 1. The monoisotopic (exact) mass is 293 g/mol. The summed E-state index contributed by atoms with van der Waals surface area (Å²) in [4.78, 5) is 23.5. The summed E-state index contributed by atoms with van der Waals surface area (Å²) in [6, 6.07) is 3.26. The van der Waals surface area contributed by atoms with Gasteiger partial charge in [0.1, 0.15) is 11.9 Å². The number of benzene rings is 1. The number of halogens is 1. The van der Waals surface area contributed by atoms with Crippen LogP contribution >= 0.6 is 0 Å².